The molecule has 3 heteroatoms. The average Bonchev–Trinajstić information content (AvgIpc) is 3.00. The molecule has 6 rings (SSSR count). The molecule has 0 aromatic heterocycles. The first-order valence-corrected chi connectivity index (χ1v) is 17.9. The smallest absolute Gasteiger partial charge is 0.134 e. The van der Waals surface area contributed by atoms with Gasteiger partial charge in [-0.25, -0.2) is 0 Å². The SMILES string of the molecule is Pc1c(Oc2ccc(C3CCCCC3)c(C3CCCCC3)c2P)ccc(C2CCCCC2)c1C1CCCCC1. The van der Waals surface area contributed by atoms with Gasteiger partial charge in [-0.1, -0.05) is 89.2 Å². The maximum atomic E-state index is 6.95. The van der Waals surface area contributed by atoms with Gasteiger partial charge in [-0.3, -0.25) is 0 Å². The Balaban J connectivity index is 1.36. The van der Waals surface area contributed by atoms with E-state index in [4.69, 9.17) is 4.74 Å². The Labute approximate surface area is 243 Å². The summed E-state index contributed by atoms with van der Waals surface area (Å²) < 4.78 is 6.95. The number of rotatable bonds is 6. The zero-order valence-corrected chi connectivity index (χ0v) is 26.6. The van der Waals surface area contributed by atoms with Crippen LogP contribution in [0.15, 0.2) is 24.3 Å². The van der Waals surface area contributed by atoms with Gasteiger partial charge in [-0.15, -0.1) is 18.5 Å². The Morgan fingerprint density at radius 3 is 1.05 bits per heavy atom. The van der Waals surface area contributed by atoms with Crippen LogP contribution in [0.3, 0.4) is 0 Å². The third kappa shape index (κ3) is 6.31. The third-order valence-electron chi connectivity index (χ3n) is 10.9. The van der Waals surface area contributed by atoms with Gasteiger partial charge in [0.25, 0.3) is 0 Å². The van der Waals surface area contributed by atoms with Crippen LogP contribution in [-0.4, -0.2) is 0 Å². The van der Waals surface area contributed by atoms with Crippen molar-refractivity contribution in [3.63, 3.8) is 0 Å². The summed E-state index contributed by atoms with van der Waals surface area (Å²) in [6, 6.07) is 9.59. The van der Waals surface area contributed by atoms with Crippen molar-refractivity contribution in [3.05, 3.63) is 46.5 Å². The number of ether oxygens (including phenoxy) is 1. The van der Waals surface area contributed by atoms with Crippen LogP contribution < -0.4 is 15.3 Å². The van der Waals surface area contributed by atoms with Crippen molar-refractivity contribution in [2.75, 3.05) is 0 Å². The van der Waals surface area contributed by atoms with Crippen molar-refractivity contribution in [2.24, 2.45) is 0 Å². The zero-order chi connectivity index (χ0) is 26.6. The molecule has 2 aromatic carbocycles. The predicted octanol–water partition coefficient (Wildman–Crippen LogP) is 10.7. The highest BCUT2D eigenvalue weighted by Gasteiger charge is 2.29. The lowest BCUT2D eigenvalue weighted by Gasteiger charge is -2.32. The second-order valence-corrected chi connectivity index (χ2v) is 14.6. The van der Waals surface area contributed by atoms with Gasteiger partial charge in [0.15, 0.2) is 0 Å². The highest BCUT2D eigenvalue weighted by molar-refractivity contribution is 7.28. The third-order valence-corrected chi connectivity index (χ3v) is 12.1. The van der Waals surface area contributed by atoms with E-state index in [-0.39, 0.29) is 0 Å². The Morgan fingerprint density at radius 2 is 0.718 bits per heavy atom. The van der Waals surface area contributed by atoms with Crippen molar-refractivity contribution in [2.45, 2.75) is 152 Å². The summed E-state index contributed by atoms with van der Waals surface area (Å²) in [7, 11) is 6.34. The fraction of sp³-hybridized carbons (Fsp3) is 0.667. The van der Waals surface area contributed by atoms with Crippen molar-refractivity contribution >= 4 is 29.1 Å². The average molecular weight is 563 g/mol. The summed E-state index contributed by atoms with van der Waals surface area (Å²) in [6.07, 6.45) is 27.6. The van der Waals surface area contributed by atoms with Crippen LogP contribution in [0.1, 0.15) is 174 Å². The van der Waals surface area contributed by atoms with Crippen LogP contribution in [0.4, 0.5) is 0 Å². The maximum absolute atomic E-state index is 6.95. The van der Waals surface area contributed by atoms with Crippen LogP contribution in [0, 0.1) is 0 Å². The molecular formula is C36H52OP2. The van der Waals surface area contributed by atoms with E-state index in [1.807, 2.05) is 0 Å². The lowest BCUT2D eigenvalue weighted by atomic mass is 9.75. The van der Waals surface area contributed by atoms with Gasteiger partial charge < -0.3 is 4.74 Å². The highest BCUT2D eigenvalue weighted by atomic mass is 31.0. The van der Waals surface area contributed by atoms with Crippen LogP contribution in [0.2, 0.25) is 0 Å². The minimum absolute atomic E-state index is 0.702. The molecule has 4 aliphatic carbocycles. The van der Waals surface area contributed by atoms with Crippen LogP contribution in [0.5, 0.6) is 11.5 Å². The van der Waals surface area contributed by atoms with Gasteiger partial charge in [0.2, 0.25) is 0 Å². The van der Waals surface area contributed by atoms with Gasteiger partial charge in [0.05, 0.1) is 0 Å². The van der Waals surface area contributed by atoms with E-state index in [2.05, 4.69) is 42.7 Å². The van der Waals surface area contributed by atoms with E-state index in [0.717, 1.165) is 23.3 Å². The molecule has 0 N–H and O–H groups in total. The zero-order valence-electron chi connectivity index (χ0n) is 24.3. The molecule has 1 nitrogen and oxygen atoms in total. The molecule has 0 heterocycles. The number of benzene rings is 2. The van der Waals surface area contributed by atoms with Crippen molar-refractivity contribution in [3.8, 4) is 11.5 Å². The molecule has 2 atom stereocenters. The fourth-order valence-electron chi connectivity index (χ4n) is 8.80. The molecular weight excluding hydrogens is 510 g/mol. The minimum Gasteiger partial charge on any atom is -0.456 e. The lowest BCUT2D eigenvalue weighted by molar-refractivity contribution is 0.416. The fourth-order valence-corrected chi connectivity index (χ4v) is 9.91. The Bertz CT molecular complexity index is 1010. The Hall–Kier alpha value is -0.900. The molecule has 0 saturated heterocycles. The molecule has 4 fully saturated rings. The normalized spacial score (nSPS) is 22.7. The van der Waals surface area contributed by atoms with Crippen molar-refractivity contribution < 1.29 is 4.74 Å². The first kappa shape index (κ1) is 28.2. The Morgan fingerprint density at radius 1 is 0.410 bits per heavy atom. The summed E-state index contributed by atoms with van der Waals surface area (Å²) in [6.45, 7) is 0. The van der Waals surface area contributed by atoms with Gasteiger partial charge in [0, 0.05) is 10.6 Å². The number of hydrogen-bond donors (Lipinski definition) is 0. The van der Waals surface area contributed by atoms with Gasteiger partial charge in [0.1, 0.15) is 11.5 Å². The number of hydrogen-bond acceptors (Lipinski definition) is 1. The largest absolute Gasteiger partial charge is 0.456 e. The van der Waals surface area contributed by atoms with Gasteiger partial charge >= 0.3 is 0 Å². The molecule has 2 aromatic rings. The van der Waals surface area contributed by atoms with Crippen LogP contribution in [-0.2, 0) is 0 Å². The van der Waals surface area contributed by atoms with E-state index in [1.165, 1.54) is 139 Å². The van der Waals surface area contributed by atoms with E-state index >= 15 is 0 Å². The minimum atomic E-state index is 0.702. The molecule has 0 amide bonds. The summed E-state index contributed by atoms with van der Waals surface area (Å²) >= 11 is 0. The van der Waals surface area contributed by atoms with E-state index in [1.54, 1.807) is 22.3 Å². The van der Waals surface area contributed by atoms with Crippen molar-refractivity contribution in [1.82, 2.24) is 0 Å². The molecule has 0 aliphatic heterocycles. The maximum Gasteiger partial charge on any atom is 0.134 e. The first-order chi connectivity index (χ1) is 19.2. The molecule has 212 valence electrons. The summed E-state index contributed by atoms with van der Waals surface area (Å²) in [5, 5.41) is 2.70. The summed E-state index contributed by atoms with van der Waals surface area (Å²) in [5.41, 5.74) is 6.59. The van der Waals surface area contributed by atoms with E-state index < -0.39 is 0 Å². The molecule has 39 heavy (non-hydrogen) atoms. The lowest BCUT2D eigenvalue weighted by Crippen LogP contribution is -2.21. The molecule has 0 bridgehead atoms. The molecule has 0 radical (unpaired) electrons. The molecule has 4 saturated carbocycles. The van der Waals surface area contributed by atoms with Gasteiger partial charge in [-0.05, 0) is 109 Å². The van der Waals surface area contributed by atoms with Crippen molar-refractivity contribution in [1.29, 1.82) is 0 Å². The standard InChI is InChI=1S/C36H52OP2/c38-35-31(23-21-29(25-13-5-1-6-14-25)33(35)27-17-9-3-10-18-27)37-32-24-22-30(26-15-7-2-8-16-26)34(36(32)39)28-19-11-4-12-20-28/h21-28H,1-20,38-39H2. The molecule has 2 unspecified atom stereocenters. The summed E-state index contributed by atoms with van der Waals surface area (Å²) in [5.74, 6) is 5.04. The topological polar surface area (TPSA) is 9.23 Å². The monoisotopic (exact) mass is 562 g/mol. The Kier molecular flexibility index (Phi) is 9.69. The van der Waals surface area contributed by atoms with Crippen LogP contribution in [0.25, 0.3) is 0 Å². The van der Waals surface area contributed by atoms with Gasteiger partial charge in [-0.2, -0.15) is 0 Å². The molecule has 0 spiro atoms. The quantitative estimate of drug-likeness (QED) is 0.318. The predicted molar refractivity (Wildman–Crippen MR) is 175 cm³/mol. The second-order valence-electron chi connectivity index (χ2n) is 13.4. The van der Waals surface area contributed by atoms with Crippen LogP contribution >= 0.6 is 18.5 Å². The van der Waals surface area contributed by atoms with E-state index in [0.29, 0.717) is 11.8 Å². The molecule has 4 aliphatic rings. The highest BCUT2D eigenvalue weighted by Crippen LogP contribution is 2.45. The summed E-state index contributed by atoms with van der Waals surface area (Å²) in [4.78, 5) is 0. The van der Waals surface area contributed by atoms with E-state index in [9.17, 15) is 0 Å². The second kappa shape index (κ2) is 13.4. The first-order valence-electron chi connectivity index (χ1n) is 16.7.